The summed E-state index contributed by atoms with van der Waals surface area (Å²) in [4.78, 5) is 26.4. The van der Waals surface area contributed by atoms with E-state index in [4.69, 9.17) is 19.3 Å². The molecule has 1 aliphatic heterocycles. The third kappa shape index (κ3) is 5.11. The lowest BCUT2D eigenvalue weighted by molar-refractivity contribution is -0.0610. The molecule has 0 spiro atoms. The van der Waals surface area contributed by atoms with E-state index in [9.17, 15) is 20.0 Å². The van der Waals surface area contributed by atoms with Gasteiger partial charge < -0.3 is 39.4 Å². The number of nitriles is 1. The minimum absolute atomic E-state index is 0.0928. The molecule has 12 nitrogen and oxygen atoms in total. The minimum Gasteiger partial charge on any atom is -0.387 e. The number of benzene rings is 1. The molecular weight excluding hydrogens is 465 g/mol. The van der Waals surface area contributed by atoms with E-state index in [0.717, 1.165) is 5.56 Å². The Balaban J connectivity index is 1.61. The molecule has 3 heterocycles. The number of nitrogens with zero attached hydrogens (tertiary/aromatic N) is 4. The van der Waals surface area contributed by atoms with E-state index in [-0.39, 0.29) is 18.5 Å². The number of fused-ring (bicyclic) bond motifs is 1. The molecule has 0 aliphatic carbocycles. The van der Waals surface area contributed by atoms with Crippen molar-refractivity contribution in [3.63, 3.8) is 0 Å². The van der Waals surface area contributed by atoms with Gasteiger partial charge >= 0.3 is 7.60 Å². The highest BCUT2D eigenvalue weighted by atomic mass is 31.2. The van der Waals surface area contributed by atoms with E-state index in [1.165, 1.54) is 4.57 Å². The summed E-state index contributed by atoms with van der Waals surface area (Å²) < 4.78 is 23.1. The highest BCUT2D eigenvalue weighted by Gasteiger charge is 2.44. The van der Waals surface area contributed by atoms with Crippen molar-refractivity contribution in [2.45, 2.75) is 37.5 Å². The van der Waals surface area contributed by atoms with Crippen molar-refractivity contribution >= 4 is 24.4 Å². The Morgan fingerprint density at radius 3 is 2.65 bits per heavy atom. The van der Waals surface area contributed by atoms with Crippen molar-refractivity contribution in [3.8, 4) is 6.07 Å². The van der Waals surface area contributed by atoms with Gasteiger partial charge in [-0.2, -0.15) is 5.26 Å². The molecule has 1 aromatic carbocycles. The van der Waals surface area contributed by atoms with E-state index in [1.54, 1.807) is 12.3 Å². The Morgan fingerprint density at radius 2 is 1.97 bits per heavy atom. The standard InChI is InChI=1S/C21H24N5O7P/c1-12(13-5-3-2-4-6-13)23-19-14-7-8-26(20(14)25-16(9-22)24-19)21-18(28)17(27)15(33-21)10-32-11-34(29,30)31/h2-8,12,15,17-18,21,27-28H,10-11H2,1H3,(H,23,24,25)(H2,29,30,31)/t12-,15?,17-,18-,21-/m1/s1. The molecule has 0 radical (unpaired) electrons. The van der Waals surface area contributed by atoms with Crippen molar-refractivity contribution in [1.82, 2.24) is 14.5 Å². The largest absolute Gasteiger partial charge is 0.387 e. The summed E-state index contributed by atoms with van der Waals surface area (Å²) in [5.74, 6) is 0.330. The van der Waals surface area contributed by atoms with Crippen LogP contribution in [0.5, 0.6) is 0 Å². The lowest BCUT2D eigenvalue weighted by Crippen LogP contribution is -2.33. The van der Waals surface area contributed by atoms with Gasteiger partial charge in [0.2, 0.25) is 5.82 Å². The van der Waals surface area contributed by atoms with Crippen LogP contribution in [0.25, 0.3) is 11.0 Å². The van der Waals surface area contributed by atoms with Gasteiger partial charge in [-0.15, -0.1) is 0 Å². The van der Waals surface area contributed by atoms with E-state index < -0.39 is 38.5 Å². The molecule has 1 aliphatic rings. The molecule has 34 heavy (non-hydrogen) atoms. The van der Waals surface area contributed by atoms with E-state index >= 15 is 0 Å². The maximum Gasteiger partial charge on any atom is 0.350 e. The van der Waals surface area contributed by atoms with E-state index in [0.29, 0.717) is 16.9 Å². The van der Waals surface area contributed by atoms with Gasteiger partial charge in [0.05, 0.1) is 12.0 Å². The van der Waals surface area contributed by atoms with Crippen molar-refractivity contribution < 1.29 is 34.0 Å². The van der Waals surface area contributed by atoms with Crippen molar-refractivity contribution in [1.29, 1.82) is 5.26 Å². The average Bonchev–Trinajstić information content (AvgIpc) is 3.35. The first-order chi connectivity index (χ1) is 16.2. The second-order valence-electron chi connectivity index (χ2n) is 7.96. The third-order valence-electron chi connectivity index (χ3n) is 5.48. The first-order valence-electron chi connectivity index (χ1n) is 10.4. The van der Waals surface area contributed by atoms with Crippen molar-refractivity contribution in [2.24, 2.45) is 0 Å². The van der Waals surface area contributed by atoms with Crippen LogP contribution in [-0.2, 0) is 14.0 Å². The van der Waals surface area contributed by atoms with Crippen LogP contribution in [-0.4, -0.2) is 65.8 Å². The van der Waals surface area contributed by atoms with Gasteiger partial charge in [0, 0.05) is 12.2 Å². The van der Waals surface area contributed by atoms with Crippen LogP contribution in [0.2, 0.25) is 0 Å². The topological polar surface area (TPSA) is 183 Å². The van der Waals surface area contributed by atoms with Crippen LogP contribution in [0.1, 0.15) is 30.6 Å². The predicted molar refractivity (Wildman–Crippen MR) is 120 cm³/mol. The minimum atomic E-state index is -4.38. The van der Waals surface area contributed by atoms with Crippen LogP contribution < -0.4 is 5.32 Å². The SMILES string of the molecule is C[C@@H](Nc1nc(C#N)nc2c1ccn2[C@@H]1OC(COCP(=O)(O)O)[C@@H](O)[C@H]1O)c1ccccc1. The predicted octanol–water partition coefficient (Wildman–Crippen LogP) is 1.25. The zero-order valence-electron chi connectivity index (χ0n) is 18.1. The fraction of sp³-hybridized carbons (Fsp3) is 0.381. The molecule has 0 saturated carbocycles. The number of aliphatic hydroxyl groups excluding tert-OH is 2. The number of hydrogen-bond acceptors (Lipinski definition) is 9. The van der Waals surface area contributed by atoms with Crippen molar-refractivity contribution in [2.75, 3.05) is 18.3 Å². The summed E-state index contributed by atoms with van der Waals surface area (Å²) >= 11 is 0. The van der Waals surface area contributed by atoms with Crippen LogP contribution in [0.4, 0.5) is 5.82 Å². The van der Waals surface area contributed by atoms with Crippen LogP contribution in [0, 0.1) is 11.3 Å². The normalized spacial score (nSPS) is 23.6. The molecule has 180 valence electrons. The molecule has 1 saturated heterocycles. The first kappa shape index (κ1) is 24.3. The lowest BCUT2D eigenvalue weighted by atomic mass is 10.1. The molecule has 3 aromatic rings. The lowest BCUT2D eigenvalue weighted by Gasteiger charge is -2.19. The number of aliphatic hydroxyl groups is 2. The van der Waals surface area contributed by atoms with Crippen LogP contribution in [0.15, 0.2) is 42.6 Å². The number of rotatable bonds is 8. The quantitative estimate of drug-likeness (QED) is 0.287. The highest BCUT2D eigenvalue weighted by molar-refractivity contribution is 7.51. The Hall–Kier alpha value is -2.88. The number of anilines is 1. The monoisotopic (exact) mass is 489 g/mol. The molecule has 5 N–H and O–H groups in total. The first-order valence-corrected chi connectivity index (χ1v) is 12.2. The van der Waals surface area contributed by atoms with E-state index in [2.05, 4.69) is 15.3 Å². The highest BCUT2D eigenvalue weighted by Crippen LogP contribution is 2.36. The van der Waals surface area contributed by atoms with Gasteiger partial charge in [-0.3, -0.25) is 4.57 Å². The Kier molecular flexibility index (Phi) is 6.97. The Bertz CT molecular complexity index is 1240. The summed E-state index contributed by atoms with van der Waals surface area (Å²) in [7, 11) is -4.38. The molecule has 1 fully saturated rings. The van der Waals surface area contributed by atoms with Gasteiger partial charge in [-0.25, -0.2) is 9.97 Å². The van der Waals surface area contributed by atoms with Crippen LogP contribution >= 0.6 is 7.60 Å². The number of nitrogens with one attached hydrogen (secondary N) is 1. The Labute approximate surface area is 194 Å². The van der Waals surface area contributed by atoms with Gasteiger partial charge in [0.1, 0.15) is 42.2 Å². The molecule has 5 atom stereocenters. The van der Waals surface area contributed by atoms with Gasteiger partial charge in [-0.1, -0.05) is 30.3 Å². The fourth-order valence-electron chi connectivity index (χ4n) is 3.81. The molecule has 0 bridgehead atoms. The summed E-state index contributed by atoms with van der Waals surface area (Å²) in [5.41, 5.74) is 1.32. The van der Waals surface area contributed by atoms with Crippen LogP contribution in [0.3, 0.4) is 0 Å². The summed E-state index contributed by atoms with van der Waals surface area (Å²) in [6.07, 6.45) is -4.08. The molecule has 0 amide bonds. The maximum atomic E-state index is 11.0. The molecule has 13 heteroatoms. The number of ether oxygens (including phenoxy) is 2. The third-order valence-corrected chi connectivity index (χ3v) is 6.00. The maximum absolute atomic E-state index is 11.0. The zero-order valence-corrected chi connectivity index (χ0v) is 19.0. The van der Waals surface area contributed by atoms with E-state index in [1.807, 2.05) is 43.3 Å². The van der Waals surface area contributed by atoms with Gasteiger partial charge in [-0.05, 0) is 18.6 Å². The molecule has 2 aromatic heterocycles. The summed E-state index contributed by atoms with van der Waals surface area (Å²) in [6, 6.07) is 13.2. The second-order valence-corrected chi connectivity index (χ2v) is 9.54. The van der Waals surface area contributed by atoms with Crippen molar-refractivity contribution in [3.05, 3.63) is 54.0 Å². The smallest absolute Gasteiger partial charge is 0.350 e. The molecule has 1 unspecified atom stereocenters. The fourth-order valence-corrected chi connectivity index (χ4v) is 4.16. The molecular formula is C21H24N5O7P. The number of hydrogen-bond donors (Lipinski definition) is 5. The average molecular weight is 489 g/mol. The summed E-state index contributed by atoms with van der Waals surface area (Å²) in [6.45, 7) is 1.62. The zero-order chi connectivity index (χ0) is 24.5. The summed E-state index contributed by atoms with van der Waals surface area (Å²) in [5, 5.41) is 34.3. The second kappa shape index (κ2) is 9.77. The van der Waals surface area contributed by atoms with Gasteiger partial charge in [0.25, 0.3) is 0 Å². The molecule has 4 rings (SSSR count). The number of aromatic nitrogens is 3. The Morgan fingerprint density at radius 1 is 1.24 bits per heavy atom. The van der Waals surface area contributed by atoms with Gasteiger partial charge in [0.15, 0.2) is 6.23 Å².